The van der Waals surface area contributed by atoms with E-state index < -0.39 is 17.9 Å². The maximum Gasteiger partial charge on any atom is 0.320 e. The van der Waals surface area contributed by atoms with Crippen LogP contribution in [0.5, 0.6) is 0 Å². The Morgan fingerprint density at radius 1 is 1.09 bits per heavy atom. The topological polar surface area (TPSA) is 69.7 Å². The predicted octanol–water partition coefficient (Wildman–Crippen LogP) is 3.26. The summed E-state index contributed by atoms with van der Waals surface area (Å²) in [6.07, 6.45) is 3.52. The lowest BCUT2D eigenvalue weighted by Crippen LogP contribution is -2.25. The number of hydrogen-bond acceptors (Lipinski definition) is 6. The van der Waals surface area contributed by atoms with Crippen molar-refractivity contribution in [2.45, 2.75) is 17.7 Å². The first kappa shape index (κ1) is 19.3. The molecular weight excluding hydrogens is 340 g/mol. The molecule has 0 atom stereocenters. The lowest BCUT2D eigenvalue weighted by molar-refractivity contribution is -0.158. The van der Waals surface area contributed by atoms with E-state index in [0.717, 1.165) is 16.7 Å². The Kier molecular flexibility index (Phi) is 8.43. The molecule has 23 heavy (non-hydrogen) atoms. The summed E-state index contributed by atoms with van der Waals surface area (Å²) in [5, 5.41) is 0.551. The molecule has 0 aromatic heterocycles. The molecule has 124 valence electrons. The Labute approximate surface area is 144 Å². The fourth-order valence-corrected chi connectivity index (χ4v) is 2.50. The minimum absolute atomic E-state index is 0.0590. The highest BCUT2D eigenvalue weighted by Gasteiger charge is 2.27. The summed E-state index contributed by atoms with van der Waals surface area (Å²) in [5.41, 5.74) is 0. The smallest absolute Gasteiger partial charge is 0.320 e. The molecule has 0 heterocycles. The van der Waals surface area contributed by atoms with E-state index in [9.17, 15) is 14.4 Å². The Morgan fingerprint density at radius 3 is 2.17 bits per heavy atom. The molecule has 0 unspecified atom stereocenters. The van der Waals surface area contributed by atoms with Crippen LogP contribution in [0.15, 0.2) is 41.3 Å². The van der Waals surface area contributed by atoms with Crippen LogP contribution < -0.4 is 0 Å². The van der Waals surface area contributed by atoms with E-state index >= 15 is 0 Å². The van der Waals surface area contributed by atoms with Crippen LogP contribution in [0.25, 0.3) is 0 Å². The Hall–Kier alpha value is -1.79. The normalized spacial score (nSPS) is 10.8. The van der Waals surface area contributed by atoms with Crippen molar-refractivity contribution in [1.29, 1.82) is 0 Å². The second kappa shape index (κ2) is 10.1. The van der Waals surface area contributed by atoms with E-state index in [1.165, 1.54) is 14.2 Å². The second-order valence-corrected chi connectivity index (χ2v) is 6.01. The first-order valence-electron chi connectivity index (χ1n) is 6.74. The maximum atomic E-state index is 11.8. The molecule has 1 aromatic rings. The zero-order valence-corrected chi connectivity index (χ0v) is 14.4. The van der Waals surface area contributed by atoms with E-state index in [-0.39, 0.29) is 18.0 Å². The lowest BCUT2D eigenvalue weighted by Gasteiger charge is -2.09. The van der Waals surface area contributed by atoms with E-state index in [1.54, 1.807) is 36.4 Å². The van der Waals surface area contributed by atoms with Gasteiger partial charge in [0, 0.05) is 16.3 Å². The highest BCUT2D eigenvalue weighted by atomic mass is 35.5. The molecule has 1 rings (SSSR count). The summed E-state index contributed by atoms with van der Waals surface area (Å²) in [5.74, 6) is -2.34. The number of carbonyl (C=O) groups is 3. The summed E-state index contributed by atoms with van der Waals surface area (Å²) < 4.78 is 9.09. The highest BCUT2D eigenvalue weighted by Crippen LogP contribution is 2.22. The van der Waals surface area contributed by atoms with Crippen LogP contribution in [0.1, 0.15) is 12.8 Å². The van der Waals surface area contributed by atoms with Gasteiger partial charge in [-0.15, -0.1) is 0 Å². The van der Waals surface area contributed by atoms with Crippen molar-refractivity contribution in [2.75, 3.05) is 14.2 Å². The molecule has 0 fully saturated rings. The number of methoxy groups -OCH3 is 2. The molecule has 0 aliphatic heterocycles. The van der Waals surface area contributed by atoms with Crippen molar-refractivity contribution in [3.8, 4) is 0 Å². The van der Waals surface area contributed by atoms with Gasteiger partial charge in [0.15, 0.2) is 11.0 Å². The number of carbonyl (C=O) groups excluding carboxylic acids is 3. The summed E-state index contributed by atoms with van der Waals surface area (Å²) in [6.45, 7) is 0. The van der Waals surface area contributed by atoms with Gasteiger partial charge in [0.2, 0.25) is 0 Å². The minimum Gasteiger partial charge on any atom is -0.468 e. The van der Waals surface area contributed by atoms with Crippen molar-refractivity contribution in [2.24, 2.45) is 5.92 Å². The summed E-state index contributed by atoms with van der Waals surface area (Å²) in [7, 11) is 2.41. The largest absolute Gasteiger partial charge is 0.468 e. The van der Waals surface area contributed by atoms with Crippen molar-refractivity contribution in [1.82, 2.24) is 0 Å². The number of allylic oxidation sites excluding steroid dienone is 2. The molecule has 0 radical (unpaired) electrons. The molecule has 0 aliphatic rings. The number of esters is 2. The van der Waals surface area contributed by atoms with Gasteiger partial charge >= 0.3 is 11.9 Å². The Balaban J connectivity index is 2.47. The van der Waals surface area contributed by atoms with Crippen LogP contribution >= 0.6 is 23.4 Å². The molecule has 0 saturated carbocycles. The quantitative estimate of drug-likeness (QED) is 0.323. The molecule has 0 spiro atoms. The summed E-state index contributed by atoms with van der Waals surface area (Å²) in [6, 6.07) is 6.95. The molecule has 7 heteroatoms. The average Bonchev–Trinajstić information content (AvgIpc) is 2.55. The van der Waals surface area contributed by atoms with Gasteiger partial charge in [-0.05, 0) is 30.7 Å². The second-order valence-electron chi connectivity index (χ2n) is 4.44. The van der Waals surface area contributed by atoms with Crippen LogP contribution in [0.4, 0.5) is 0 Å². The number of halogens is 1. The molecule has 0 N–H and O–H groups in total. The lowest BCUT2D eigenvalue weighted by atomic mass is 10.1. The van der Waals surface area contributed by atoms with Crippen molar-refractivity contribution in [3.05, 3.63) is 41.4 Å². The van der Waals surface area contributed by atoms with Crippen molar-refractivity contribution >= 4 is 40.4 Å². The first-order valence-corrected chi connectivity index (χ1v) is 7.94. The summed E-state index contributed by atoms with van der Waals surface area (Å²) >= 11 is 6.88. The van der Waals surface area contributed by atoms with Crippen LogP contribution in [-0.4, -0.2) is 31.3 Å². The third-order valence-corrected chi connectivity index (χ3v) is 3.99. The van der Waals surface area contributed by atoms with Gasteiger partial charge in [-0.2, -0.15) is 0 Å². The first-order chi connectivity index (χ1) is 11.0. The van der Waals surface area contributed by atoms with Gasteiger partial charge in [-0.3, -0.25) is 14.4 Å². The van der Waals surface area contributed by atoms with Crippen molar-refractivity contribution < 1.29 is 23.9 Å². The number of thioether (sulfide) groups is 1. The third kappa shape index (κ3) is 6.88. The predicted molar refractivity (Wildman–Crippen MR) is 88.2 cm³/mol. The zero-order chi connectivity index (χ0) is 17.2. The van der Waals surface area contributed by atoms with Gasteiger partial charge in [0.05, 0.1) is 14.2 Å². The average molecular weight is 357 g/mol. The van der Waals surface area contributed by atoms with Gasteiger partial charge in [0.25, 0.3) is 0 Å². The maximum absolute atomic E-state index is 11.8. The Bertz CT molecular complexity index is 567. The molecule has 0 amide bonds. The van der Waals surface area contributed by atoms with Crippen molar-refractivity contribution in [3.63, 3.8) is 0 Å². The van der Waals surface area contributed by atoms with Gasteiger partial charge in [-0.1, -0.05) is 35.5 Å². The molecule has 0 saturated heterocycles. The fourth-order valence-electron chi connectivity index (χ4n) is 1.66. The molecule has 5 nitrogen and oxygen atoms in total. The molecular formula is C16H17ClO5S. The standard InChI is InChI=1S/C16H17ClO5S/c1-21-15(19)13(16(20)22-2)5-3-4-6-14(18)23-12-9-7-11(17)8-10-12/h3-4,7-10,13H,5-6H2,1-2H3/b4-3+. The monoisotopic (exact) mass is 356 g/mol. The number of hydrogen-bond donors (Lipinski definition) is 0. The minimum atomic E-state index is -1.01. The SMILES string of the molecule is COC(=O)C(C/C=C/CC(=O)Sc1ccc(Cl)cc1)C(=O)OC. The van der Waals surface area contributed by atoms with Crippen LogP contribution in [0, 0.1) is 5.92 Å². The van der Waals surface area contributed by atoms with Crippen LogP contribution in [0.2, 0.25) is 5.02 Å². The number of benzene rings is 1. The number of rotatable bonds is 7. The molecule has 0 aliphatic carbocycles. The highest BCUT2D eigenvalue weighted by molar-refractivity contribution is 8.13. The zero-order valence-electron chi connectivity index (χ0n) is 12.8. The van der Waals surface area contributed by atoms with Gasteiger partial charge in [0.1, 0.15) is 0 Å². The molecule has 0 bridgehead atoms. The van der Waals surface area contributed by atoms with Gasteiger partial charge < -0.3 is 9.47 Å². The van der Waals surface area contributed by atoms with Gasteiger partial charge in [-0.25, -0.2) is 0 Å². The number of ether oxygens (including phenoxy) is 2. The van der Waals surface area contributed by atoms with E-state index in [4.69, 9.17) is 11.6 Å². The van der Waals surface area contributed by atoms with E-state index in [1.807, 2.05) is 0 Å². The molecule has 1 aromatic carbocycles. The summed E-state index contributed by atoms with van der Waals surface area (Å²) in [4.78, 5) is 35.6. The van der Waals surface area contributed by atoms with Crippen LogP contribution in [-0.2, 0) is 23.9 Å². The third-order valence-electron chi connectivity index (χ3n) is 2.84. The van der Waals surface area contributed by atoms with E-state index in [0.29, 0.717) is 5.02 Å². The van der Waals surface area contributed by atoms with Crippen LogP contribution in [0.3, 0.4) is 0 Å². The Morgan fingerprint density at radius 2 is 1.65 bits per heavy atom. The fraction of sp³-hybridized carbons (Fsp3) is 0.312. The van der Waals surface area contributed by atoms with E-state index in [2.05, 4.69) is 9.47 Å².